The molecule has 3 aromatic rings. The van der Waals surface area contributed by atoms with Gasteiger partial charge >= 0.3 is 0 Å². The molecular formula is C28H36N6. The number of benzene rings is 1. The van der Waals surface area contributed by atoms with Gasteiger partial charge in [0.25, 0.3) is 0 Å². The largest absolute Gasteiger partial charge is 0.385 e. The molecule has 3 N–H and O–H groups in total. The predicted octanol–water partition coefficient (Wildman–Crippen LogP) is 4.72. The highest BCUT2D eigenvalue weighted by atomic mass is 15.2. The summed E-state index contributed by atoms with van der Waals surface area (Å²) in [6.07, 6.45) is 9.15. The zero-order valence-electron chi connectivity index (χ0n) is 20.4. The first kappa shape index (κ1) is 21.5. The van der Waals surface area contributed by atoms with E-state index in [9.17, 15) is 0 Å². The van der Waals surface area contributed by atoms with Crippen molar-refractivity contribution in [2.45, 2.75) is 45.2 Å². The van der Waals surface area contributed by atoms with E-state index in [2.05, 4.69) is 76.3 Å². The number of nitrogens with one attached hydrogen (secondary N) is 1. The molecular weight excluding hydrogens is 420 g/mol. The van der Waals surface area contributed by atoms with Crippen LogP contribution < -0.4 is 11.1 Å². The lowest BCUT2D eigenvalue weighted by Crippen LogP contribution is -2.61. The van der Waals surface area contributed by atoms with Crippen molar-refractivity contribution in [3.63, 3.8) is 0 Å². The number of fused-ring (bicyclic) bond motifs is 2. The van der Waals surface area contributed by atoms with Gasteiger partial charge in [-0.05, 0) is 67.8 Å². The molecule has 6 heteroatoms. The van der Waals surface area contributed by atoms with E-state index in [1.807, 2.05) is 0 Å². The van der Waals surface area contributed by atoms with Crippen LogP contribution in [0.1, 0.15) is 43.7 Å². The molecule has 6 rings (SSSR count). The van der Waals surface area contributed by atoms with Crippen molar-refractivity contribution in [1.29, 1.82) is 0 Å². The maximum Gasteiger partial charge on any atom is 0.157 e. The number of hydrogen-bond donors (Lipinski definition) is 2. The molecule has 3 fully saturated rings. The molecule has 0 spiro atoms. The second-order valence-electron chi connectivity index (χ2n) is 10.4. The second-order valence-corrected chi connectivity index (χ2v) is 10.4. The quantitative estimate of drug-likeness (QED) is 0.540. The normalized spacial score (nSPS) is 22.4. The van der Waals surface area contributed by atoms with Crippen LogP contribution in [0.4, 0.5) is 5.82 Å². The maximum absolute atomic E-state index is 6.63. The van der Waals surface area contributed by atoms with E-state index >= 15 is 0 Å². The molecule has 0 radical (unpaired) electrons. The molecule has 0 amide bonds. The summed E-state index contributed by atoms with van der Waals surface area (Å²) in [5, 5.41) is 3.57. The zero-order valence-corrected chi connectivity index (χ0v) is 20.4. The number of anilines is 1. The molecule has 2 saturated heterocycles. The molecule has 1 aliphatic carbocycles. The average Bonchev–Trinajstić information content (AvgIpc) is 3.52. The van der Waals surface area contributed by atoms with Crippen LogP contribution in [-0.4, -0.2) is 44.7 Å². The minimum atomic E-state index is 0.622. The highest BCUT2D eigenvalue weighted by Gasteiger charge is 2.36. The fourth-order valence-corrected chi connectivity index (χ4v) is 5.56. The van der Waals surface area contributed by atoms with Crippen molar-refractivity contribution in [1.82, 2.24) is 24.3 Å². The van der Waals surface area contributed by atoms with Gasteiger partial charge in [0.15, 0.2) is 5.82 Å². The van der Waals surface area contributed by atoms with E-state index in [0.29, 0.717) is 6.04 Å². The summed E-state index contributed by atoms with van der Waals surface area (Å²) in [6.45, 7) is 10.9. The molecule has 2 aliphatic heterocycles. The van der Waals surface area contributed by atoms with E-state index in [-0.39, 0.29) is 0 Å². The van der Waals surface area contributed by atoms with Crippen molar-refractivity contribution < 1.29 is 0 Å². The van der Waals surface area contributed by atoms with Crippen molar-refractivity contribution >= 4 is 28.6 Å². The number of piperidine rings is 1. The van der Waals surface area contributed by atoms with E-state index in [1.54, 1.807) is 0 Å². The minimum absolute atomic E-state index is 0.622. The van der Waals surface area contributed by atoms with Gasteiger partial charge in [0, 0.05) is 44.0 Å². The van der Waals surface area contributed by atoms with E-state index < -0.39 is 0 Å². The molecule has 1 saturated carbocycles. The Hall–Kier alpha value is -2.99. The Morgan fingerprint density at radius 2 is 2.12 bits per heavy atom. The molecule has 0 bridgehead atoms. The summed E-state index contributed by atoms with van der Waals surface area (Å²) in [6, 6.07) is 9.42. The number of hydrogen-bond acceptors (Lipinski definition) is 4. The number of imidazole rings is 1. The summed E-state index contributed by atoms with van der Waals surface area (Å²) in [5.41, 5.74) is 13.2. The third-order valence-corrected chi connectivity index (χ3v) is 8.06. The summed E-state index contributed by atoms with van der Waals surface area (Å²) >= 11 is 0. The highest BCUT2D eigenvalue weighted by molar-refractivity contribution is 5.84. The Bertz CT molecular complexity index is 1270. The van der Waals surface area contributed by atoms with Crippen LogP contribution in [0.15, 0.2) is 36.9 Å². The maximum atomic E-state index is 6.63. The van der Waals surface area contributed by atoms with Gasteiger partial charge in [0.05, 0.1) is 16.7 Å². The van der Waals surface area contributed by atoms with Crippen molar-refractivity contribution in [3.05, 3.63) is 48.0 Å². The van der Waals surface area contributed by atoms with Crippen LogP contribution in [-0.2, 0) is 13.6 Å². The van der Waals surface area contributed by atoms with Crippen molar-refractivity contribution in [2.75, 3.05) is 25.4 Å². The number of aromatic nitrogens is 3. The first-order valence-electron chi connectivity index (χ1n) is 12.8. The van der Waals surface area contributed by atoms with Gasteiger partial charge in [-0.3, -0.25) is 0 Å². The Morgan fingerprint density at radius 3 is 2.82 bits per heavy atom. The molecule has 2 atom stereocenters. The van der Waals surface area contributed by atoms with Gasteiger partial charge in [-0.1, -0.05) is 31.7 Å². The zero-order chi connectivity index (χ0) is 23.4. The number of nitrogens with two attached hydrogens (primary N) is 1. The van der Waals surface area contributed by atoms with Crippen LogP contribution in [0.3, 0.4) is 0 Å². The lowest BCUT2D eigenvalue weighted by Gasteiger charge is -2.47. The van der Waals surface area contributed by atoms with Crippen LogP contribution in [0.25, 0.3) is 34.3 Å². The number of nitrogen functional groups attached to an aromatic ring is 1. The summed E-state index contributed by atoms with van der Waals surface area (Å²) in [4.78, 5) is 7.56. The first-order chi connectivity index (χ1) is 16.5. The van der Waals surface area contributed by atoms with Crippen LogP contribution in [0.5, 0.6) is 0 Å². The SMILES string of the molecule is C=C(c1ccc2c(c1)nc(-c1cc(/C=C\CC)c(N)n1CC1CC1)n2C)N1CCC2CNC2C1. The summed E-state index contributed by atoms with van der Waals surface area (Å²) in [5.74, 6) is 3.40. The van der Waals surface area contributed by atoms with Gasteiger partial charge < -0.3 is 25.1 Å². The Kier molecular flexibility index (Phi) is 5.29. The Balaban J connectivity index is 1.35. The third-order valence-electron chi connectivity index (χ3n) is 8.06. The molecule has 1 aromatic carbocycles. The van der Waals surface area contributed by atoms with Gasteiger partial charge in [-0.2, -0.15) is 0 Å². The molecule has 4 heterocycles. The number of nitrogens with zero attached hydrogens (tertiary/aromatic N) is 4. The number of rotatable bonds is 7. The monoisotopic (exact) mass is 456 g/mol. The van der Waals surface area contributed by atoms with E-state index in [4.69, 9.17) is 10.7 Å². The number of likely N-dealkylation sites (tertiary alicyclic amines) is 1. The number of allylic oxidation sites excluding steroid dienone is 1. The van der Waals surface area contributed by atoms with Crippen LogP contribution in [0.2, 0.25) is 0 Å². The average molecular weight is 457 g/mol. The molecule has 178 valence electrons. The van der Waals surface area contributed by atoms with Crippen molar-refractivity contribution in [2.24, 2.45) is 18.9 Å². The van der Waals surface area contributed by atoms with Gasteiger partial charge in [0.1, 0.15) is 5.82 Å². The molecule has 2 unspecified atom stereocenters. The summed E-state index contributed by atoms with van der Waals surface area (Å²) < 4.78 is 4.49. The molecule has 34 heavy (non-hydrogen) atoms. The molecule has 3 aliphatic rings. The smallest absolute Gasteiger partial charge is 0.157 e. The van der Waals surface area contributed by atoms with E-state index in [1.165, 1.54) is 25.8 Å². The minimum Gasteiger partial charge on any atom is -0.385 e. The van der Waals surface area contributed by atoms with Crippen molar-refractivity contribution in [3.8, 4) is 11.5 Å². The lowest BCUT2D eigenvalue weighted by molar-refractivity contribution is 0.121. The predicted molar refractivity (Wildman–Crippen MR) is 141 cm³/mol. The van der Waals surface area contributed by atoms with E-state index in [0.717, 1.165) is 83.1 Å². The standard InChI is InChI=1S/C28H36N6/c1-4-5-6-21-14-26(34(27(21)29)16-19-7-8-19)28-31-23-13-20(9-10-25(23)32(28)3)18(2)33-12-11-22-15-30-24(22)17-33/h5-6,9-10,13-14,19,22,24,30H,2,4,7-8,11-12,15-17,29H2,1,3H3/b6-5-. The Morgan fingerprint density at radius 1 is 1.26 bits per heavy atom. The lowest BCUT2D eigenvalue weighted by atomic mass is 9.84. The Labute approximate surface area is 202 Å². The molecule has 2 aromatic heterocycles. The number of aryl methyl sites for hydroxylation is 1. The van der Waals surface area contributed by atoms with Gasteiger partial charge in [-0.25, -0.2) is 4.98 Å². The first-order valence-corrected chi connectivity index (χ1v) is 12.8. The third kappa shape index (κ3) is 3.65. The second kappa shape index (κ2) is 8.35. The molecule has 6 nitrogen and oxygen atoms in total. The van der Waals surface area contributed by atoms with Gasteiger partial charge in [0.2, 0.25) is 0 Å². The van der Waals surface area contributed by atoms with Crippen LogP contribution >= 0.6 is 0 Å². The fraction of sp³-hybridized carbons (Fsp3) is 0.464. The fourth-order valence-electron chi connectivity index (χ4n) is 5.56. The summed E-state index contributed by atoms with van der Waals surface area (Å²) in [7, 11) is 2.11. The van der Waals surface area contributed by atoms with Gasteiger partial charge in [-0.15, -0.1) is 0 Å². The highest BCUT2D eigenvalue weighted by Crippen LogP contribution is 2.37. The topological polar surface area (TPSA) is 64.0 Å². The van der Waals surface area contributed by atoms with Crippen LogP contribution in [0, 0.1) is 11.8 Å².